The molecule has 0 bridgehead atoms. The summed E-state index contributed by atoms with van der Waals surface area (Å²) in [7, 11) is 0. The van der Waals surface area contributed by atoms with Gasteiger partial charge in [0.15, 0.2) is 0 Å². The Morgan fingerprint density at radius 1 is 1.30 bits per heavy atom. The summed E-state index contributed by atoms with van der Waals surface area (Å²) in [6.45, 7) is 4.54. The first-order valence-corrected chi connectivity index (χ1v) is 8.55. The van der Waals surface area contributed by atoms with Crippen molar-refractivity contribution in [3.63, 3.8) is 0 Å². The number of hydrogen-bond acceptors (Lipinski definition) is 4. The summed E-state index contributed by atoms with van der Waals surface area (Å²) in [6.07, 6.45) is 5.08. The van der Waals surface area contributed by atoms with Crippen LogP contribution in [0.3, 0.4) is 0 Å². The van der Waals surface area contributed by atoms with E-state index in [1.165, 1.54) is 0 Å². The van der Waals surface area contributed by atoms with Crippen LogP contribution in [0.25, 0.3) is 0 Å². The van der Waals surface area contributed by atoms with Crippen molar-refractivity contribution in [2.24, 2.45) is 5.73 Å². The number of rotatable bonds is 6. The number of benzene rings is 1. The number of likely N-dealkylation sites (tertiary alicyclic amines) is 1. The lowest BCUT2D eigenvalue weighted by Crippen LogP contribution is -2.37. The van der Waals surface area contributed by atoms with Crippen molar-refractivity contribution < 1.29 is 14.3 Å². The first-order chi connectivity index (χ1) is 11.2. The number of primary amides is 1. The molecule has 1 amide bonds. The maximum atomic E-state index is 11.3. The van der Waals surface area contributed by atoms with Crippen LogP contribution in [0.1, 0.15) is 41.6 Å². The van der Waals surface area contributed by atoms with Crippen LogP contribution in [0, 0.1) is 0 Å². The average Bonchev–Trinajstić information content (AvgIpc) is 3.08. The molecule has 0 unspecified atom stereocenters. The lowest BCUT2D eigenvalue weighted by atomic mass is 10.1. The zero-order valence-electron chi connectivity index (χ0n) is 13.6. The van der Waals surface area contributed by atoms with Crippen molar-refractivity contribution >= 4 is 5.91 Å². The van der Waals surface area contributed by atoms with E-state index < -0.39 is 0 Å². The number of hydrogen-bond donors (Lipinski definition) is 1. The summed E-state index contributed by atoms with van der Waals surface area (Å²) >= 11 is 0. The molecule has 1 aromatic carbocycles. The fourth-order valence-electron chi connectivity index (χ4n) is 3.33. The van der Waals surface area contributed by atoms with E-state index in [0.29, 0.717) is 17.8 Å². The van der Waals surface area contributed by atoms with Crippen LogP contribution in [0.15, 0.2) is 24.3 Å². The number of nitrogens with two attached hydrogens (primary N) is 1. The van der Waals surface area contributed by atoms with Crippen LogP contribution in [-0.2, 0) is 16.0 Å². The van der Waals surface area contributed by atoms with Gasteiger partial charge in [-0.2, -0.15) is 0 Å². The Hall–Kier alpha value is -1.43. The minimum atomic E-state index is -0.368. The van der Waals surface area contributed by atoms with Gasteiger partial charge in [0.25, 0.3) is 0 Å². The smallest absolute Gasteiger partial charge is 0.248 e. The van der Waals surface area contributed by atoms with Crippen molar-refractivity contribution in [1.82, 2.24) is 4.90 Å². The third kappa shape index (κ3) is 4.77. The van der Waals surface area contributed by atoms with Gasteiger partial charge in [0.05, 0.1) is 18.8 Å². The number of piperidine rings is 1. The van der Waals surface area contributed by atoms with Gasteiger partial charge in [0.2, 0.25) is 5.91 Å². The lowest BCUT2D eigenvalue weighted by molar-refractivity contribution is -0.0426. The van der Waals surface area contributed by atoms with E-state index in [9.17, 15) is 4.79 Å². The third-order valence-electron chi connectivity index (χ3n) is 4.69. The SMILES string of the molecule is NC(=O)c1cccc(CN2CCC(OC[C@H]3CCCO3)CC2)c1. The number of carbonyl (C=O) groups excluding carboxylic acids is 1. The van der Waals surface area contributed by atoms with E-state index in [4.69, 9.17) is 15.2 Å². The molecule has 2 saturated heterocycles. The Labute approximate surface area is 137 Å². The van der Waals surface area contributed by atoms with E-state index in [-0.39, 0.29) is 5.91 Å². The molecule has 5 nitrogen and oxygen atoms in total. The molecule has 0 aliphatic carbocycles. The number of nitrogens with zero attached hydrogens (tertiary/aromatic N) is 1. The Bertz CT molecular complexity index is 521. The summed E-state index contributed by atoms with van der Waals surface area (Å²) in [5.41, 5.74) is 7.06. The van der Waals surface area contributed by atoms with E-state index in [0.717, 1.165) is 64.1 Å². The Kier molecular flexibility index (Phi) is 5.65. The van der Waals surface area contributed by atoms with Gasteiger partial charge in [0, 0.05) is 31.8 Å². The molecule has 0 radical (unpaired) electrons. The van der Waals surface area contributed by atoms with Crippen LogP contribution in [-0.4, -0.2) is 49.3 Å². The molecule has 2 N–H and O–H groups in total. The normalized spacial score (nSPS) is 23.2. The molecule has 126 valence electrons. The molecule has 2 fully saturated rings. The van der Waals surface area contributed by atoms with Crippen LogP contribution in [0.4, 0.5) is 0 Å². The van der Waals surface area contributed by atoms with Crippen molar-refractivity contribution in [3.8, 4) is 0 Å². The van der Waals surface area contributed by atoms with Gasteiger partial charge in [-0.3, -0.25) is 9.69 Å². The molecular formula is C18H26N2O3. The second kappa shape index (κ2) is 7.90. The molecule has 2 aliphatic rings. The first kappa shape index (κ1) is 16.4. The van der Waals surface area contributed by atoms with Crippen molar-refractivity contribution in [1.29, 1.82) is 0 Å². The molecule has 5 heteroatoms. The monoisotopic (exact) mass is 318 g/mol. The number of amides is 1. The Morgan fingerprint density at radius 3 is 2.83 bits per heavy atom. The molecule has 0 aromatic heterocycles. The summed E-state index contributed by atoms with van der Waals surface area (Å²) in [6, 6.07) is 7.60. The zero-order valence-corrected chi connectivity index (χ0v) is 13.6. The highest BCUT2D eigenvalue weighted by Crippen LogP contribution is 2.19. The summed E-state index contributed by atoms with van der Waals surface area (Å²) < 4.78 is 11.6. The number of ether oxygens (including phenoxy) is 2. The van der Waals surface area contributed by atoms with Gasteiger partial charge >= 0.3 is 0 Å². The molecule has 23 heavy (non-hydrogen) atoms. The van der Waals surface area contributed by atoms with Gasteiger partial charge in [-0.15, -0.1) is 0 Å². The van der Waals surface area contributed by atoms with E-state index in [1.807, 2.05) is 18.2 Å². The molecular weight excluding hydrogens is 292 g/mol. The Balaban J connectivity index is 1.42. The quantitative estimate of drug-likeness (QED) is 0.870. The zero-order chi connectivity index (χ0) is 16.1. The number of carbonyl (C=O) groups is 1. The fourth-order valence-corrected chi connectivity index (χ4v) is 3.33. The second-order valence-corrected chi connectivity index (χ2v) is 6.51. The van der Waals surface area contributed by atoms with Crippen molar-refractivity contribution in [2.75, 3.05) is 26.3 Å². The predicted molar refractivity (Wildman–Crippen MR) is 88.2 cm³/mol. The highest BCUT2D eigenvalue weighted by molar-refractivity contribution is 5.92. The Morgan fingerprint density at radius 2 is 2.13 bits per heavy atom. The second-order valence-electron chi connectivity index (χ2n) is 6.51. The highest BCUT2D eigenvalue weighted by Gasteiger charge is 2.22. The van der Waals surface area contributed by atoms with E-state index in [1.54, 1.807) is 6.07 Å². The van der Waals surface area contributed by atoms with Crippen molar-refractivity contribution in [3.05, 3.63) is 35.4 Å². The van der Waals surface area contributed by atoms with Crippen molar-refractivity contribution in [2.45, 2.75) is 44.4 Å². The summed E-state index contributed by atoms with van der Waals surface area (Å²) in [5, 5.41) is 0. The van der Waals surface area contributed by atoms with Gasteiger partial charge in [-0.1, -0.05) is 12.1 Å². The first-order valence-electron chi connectivity index (χ1n) is 8.55. The lowest BCUT2D eigenvalue weighted by Gasteiger charge is -2.32. The molecule has 2 heterocycles. The predicted octanol–water partition coefficient (Wildman–Crippen LogP) is 1.95. The maximum absolute atomic E-state index is 11.3. The fraction of sp³-hybridized carbons (Fsp3) is 0.611. The molecule has 0 spiro atoms. The minimum absolute atomic E-state index is 0.310. The van der Waals surface area contributed by atoms with Gasteiger partial charge in [-0.05, 0) is 43.4 Å². The van der Waals surface area contributed by atoms with Crippen LogP contribution in [0.5, 0.6) is 0 Å². The van der Waals surface area contributed by atoms with Gasteiger partial charge in [0.1, 0.15) is 0 Å². The van der Waals surface area contributed by atoms with Gasteiger partial charge in [-0.25, -0.2) is 0 Å². The van der Waals surface area contributed by atoms with Gasteiger partial charge < -0.3 is 15.2 Å². The summed E-state index contributed by atoms with van der Waals surface area (Å²) in [5.74, 6) is -0.368. The average molecular weight is 318 g/mol. The summed E-state index contributed by atoms with van der Waals surface area (Å²) in [4.78, 5) is 13.7. The molecule has 0 saturated carbocycles. The van der Waals surface area contributed by atoms with Crippen LogP contribution >= 0.6 is 0 Å². The third-order valence-corrected chi connectivity index (χ3v) is 4.69. The molecule has 1 aromatic rings. The molecule has 1 atom stereocenters. The molecule has 3 rings (SSSR count). The van der Waals surface area contributed by atoms with E-state index in [2.05, 4.69) is 4.90 Å². The largest absolute Gasteiger partial charge is 0.376 e. The van der Waals surface area contributed by atoms with Crippen LogP contribution < -0.4 is 5.73 Å². The highest BCUT2D eigenvalue weighted by atomic mass is 16.5. The topological polar surface area (TPSA) is 64.8 Å². The van der Waals surface area contributed by atoms with E-state index >= 15 is 0 Å². The minimum Gasteiger partial charge on any atom is -0.376 e. The standard InChI is InChI=1S/C18H26N2O3/c19-18(21)15-4-1-3-14(11-15)12-20-8-6-16(7-9-20)23-13-17-5-2-10-22-17/h1,3-4,11,16-17H,2,5-10,12-13H2,(H2,19,21)/t17-/m1/s1. The maximum Gasteiger partial charge on any atom is 0.248 e. The molecule has 2 aliphatic heterocycles. The van der Waals surface area contributed by atoms with Crippen LogP contribution in [0.2, 0.25) is 0 Å².